The first kappa shape index (κ1) is 21.1. The summed E-state index contributed by atoms with van der Waals surface area (Å²) in [6, 6.07) is 4.39. The van der Waals surface area contributed by atoms with Gasteiger partial charge in [-0.3, -0.25) is 14.8 Å². The molecule has 8 heteroatoms. The smallest absolute Gasteiger partial charge is 0.228 e. The minimum Gasteiger partial charge on any atom is -0.355 e. The van der Waals surface area contributed by atoms with E-state index in [0.29, 0.717) is 10.3 Å². The highest BCUT2D eigenvalue weighted by atomic mass is 35.5. The van der Waals surface area contributed by atoms with Crippen molar-refractivity contribution in [2.75, 3.05) is 18.0 Å². The van der Waals surface area contributed by atoms with Crippen LogP contribution < -0.4 is 10.2 Å². The molecule has 2 aromatic rings. The van der Waals surface area contributed by atoms with Crippen LogP contribution in [0.25, 0.3) is 11.3 Å². The first-order valence-corrected chi connectivity index (χ1v) is 11.5. The molecule has 0 aromatic carbocycles. The number of pyridine rings is 2. The van der Waals surface area contributed by atoms with Crippen molar-refractivity contribution >= 4 is 40.3 Å². The summed E-state index contributed by atoms with van der Waals surface area (Å²) in [6.07, 6.45) is 4.51. The fraction of sp³-hybridized carbons (Fsp3) is 0.455. The number of aromatic nitrogens is 2. The molecule has 4 heterocycles. The monoisotopic (exact) mass is 443 g/mol. The van der Waals surface area contributed by atoms with E-state index in [2.05, 4.69) is 33.2 Å². The Hall–Kier alpha value is -2.12. The summed E-state index contributed by atoms with van der Waals surface area (Å²) in [5.74, 6) is 0.861. The van der Waals surface area contributed by atoms with Gasteiger partial charge in [0.1, 0.15) is 5.82 Å². The Morgan fingerprint density at radius 3 is 2.80 bits per heavy atom. The number of rotatable bonds is 3. The number of aryl methyl sites for hydroxylation is 2. The van der Waals surface area contributed by atoms with Crippen molar-refractivity contribution in [3.63, 3.8) is 0 Å². The number of hydrogen-bond acceptors (Lipinski definition) is 6. The van der Waals surface area contributed by atoms with Gasteiger partial charge in [0.15, 0.2) is 5.17 Å². The number of thioether (sulfide) groups is 1. The van der Waals surface area contributed by atoms with Gasteiger partial charge in [-0.15, -0.1) is 0 Å². The molecule has 4 rings (SSSR count). The molecule has 2 aromatic heterocycles. The number of carbonyl (C=O) groups excluding carboxylic acids is 1. The zero-order valence-corrected chi connectivity index (χ0v) is 19.2. The average molecular weight is 444 g/mol. The average Bonchev–Trinajstić information content (AvgIpc) is 3.10. The highest BCUT2D eigenvalue weighted by Gasteiger charge is 2.36. The molecule has 1 fully saturated rings. The first-order chi connectivity index (χ1) is 14.3. The van der Waals surface area contributed by atoms with Gasteiger partial charge in [0.05, 0.1) is 22.0 Å². The number of nitrogens with zero attached hydrogens (tertiary/aromatic N) is 4. The van der Waals surface area contributed by atoms with Gasteiger partial charge in [0.25, 0.3) is 0 Å². The third-order valence-corrected chi connectivity index (χ3v) is 6.96. The van der Waals surface area contributed by atoms with Crippen LogP contribution in [0.5, 0.6) is 0 Å². The molecule has 0 spiro atoms. The fourth-order valence-electron chi connectivity index (χ4n) is 3.79. The maximum Gasteiger partial charge on any atom is 0.228 e. The van der Waals surface area contributed by atoms with E-state index in [-0.39, 0.29) is 17.9 Å². The molecular weight excluding hydrogens is 418 g/mol. The molecule has 1 N–H and O–H groups in total. The Morgan fingerprint density at radius 2 is 2.07 bits per heavy atom. The molecule has 2 aliphatic heterocycles. The van der Waals surface area contributed by atoms with Crippen LogP contribution in [-0.4, -0.2) is 45.4 Å². The van der Waals surface area contributed by atoms with Gasteiger partial charge in [-0.05, 0) is 37.5 Å². The number of amides is 1. The molecular formula is C22H26ClN5OS. The van der Waals surface area contributed by atoms with Crippen LogP contribution in [0.1, 0.15) is 31.4 Å². The first-order valence-electron chi connectivity index (χ1n) is 10.2. The summed E-state index contributed by atoms with van der Waals surface area (Å²) < 4.78 is 0. The number of halogens is 1. The van der Waals surface area contributed by atoms with Gasteiger partial charge in [0, 0.05) is 37.0 Å². The lowest BCUT2D eigenvalue weighted by molar-refractivity contribution is -0.122. The second-order valence-corrected chi connectivity index (χ2v) is 9.87. The molecule has 0 saturated carbocycles. The minimum atomic E-state index is -0.0528. The van der Waals surface area contributed by atoms with Crippen molar-refractivity contribution in [3.8, 4) is 11.3 Å². The van der Waals surface area contributed by atoms with Crippen molar-refractivity contribution < 1.29 is 4.79 Å². The Morgan fingerprint density at radius 1 is 1.27 bits per heavy atom. The predicted octanol–water partition coefficient (Wildman–Crippen LogP) is 4.24. The Balaban J connectivity index is 1.51. The van der Waals surface area contributed by atoms with Crippen LogP contribution in [0.15, 0.2) is 29.5 Å². The number of aliphatic imine (C=N–C) groups is 1. The van der Waals surface area contributed by atoms with E-state index >= 15 is 0 Å². The van der Waals surface area contributed by atoms with Crippen LogP contribution in [0, 0.1) is 19.8 Å². The third kappa shape index (κ3) is 4.32. The summed E-state index contributed by atoms with van der Waals surface area (Å²) >= 11 is 8.14. The molecule has 0 aliphatic carbocycles. The zero-order chi connectivity index (χ0) is 21.4. The molecule has 2 atom stereocenters. The van der Waals surface area contributed by atoms with E-state index in [0.717, 1.165) is 52.9 Å². The van der Waals surface area contributed by atoms with E-state index in [1.165, 1.54) is 0 Å². The van der Waals surface area contributed by atoms with Gasteiger partial charge < -0.3 is 10.2 Å². The number of nitrogens with one attached hydrogen (secondary N) is 1. The zero-order valence-electron chi connectivity index (χ0n) is 17.6. The molecule has 0 bridgehead atoms. The van der Waals surface area contributed by atoms with E-state index < -0.39 is 0 Å². The summed E-state index contributed by atoms with van der Waals surface area (Å²) in [7, 11) is 0. The standard InChI is InChI=1S/C22H26ClN5OS/c1-12(2)21(29)27-22-26-17-5-6-28(11-18(17)30-22)19-8-15(16(23)10-24-19)20-14(4)7-13(3)9-25-20/h7-10,12,17-18H,5-6,11H2,1-4H3,(H,26,27,29). The van der Waals surface area contributed by atoms with Gasteiger partial charge in [0.2, 0.25) is 5.91 Å². The Kier molecular flexibility index (Phi) is 6.02. The van der Waals surface area contributed by atoms with Gasteiger partial charge in [-0.2, -0.15) is 0 Å². The van der Waals surface area contributed by atoms with E-state index in [9.17, 15) is 4.79 Å². The lowest BCUT2D eigenvalue weighted by Crippen LogP contribution is -2.43. The fourth-order valence-corrected chi connectivity index (χ4v) is 5.23. The molecule has 0 radical (unpaired) electrons. The highest BCUT2D eigenvalue weighted by molar-refractivity contribution is 8.14. The molecule has 30 heavy (non-hydrogen) atoms. The second-order valence-electron chi connectivity index (χ2n) is 8.24. The van der Waals surface area contributed by atoms with E-state index in [1.54, 1.807) is 18.0 Å². The maximum atomic E-state index is 12.0. The van der Waals surface area contributed by atoms with Crippen molar-refractivity contribution in [2.45, 2.75) is 45.4 Å². The molecule has 6 nitrogen and oxygen atoms in total. The SMILES string of the molecule is Cc1cnc(-c2cc(N3CCC4N=C(NC(=O)C(C)C)SC4C3)ncc2Cl)c(C)c1. The molecule has 1 amide bonds. The quantitative estimate of drug-likeness (QED) is 0.768. The lowest BCUT2D eigenvalue weighted by atomic mass is 10.0. The van der Waals surface area contributed by atoms with Crippen molar-refractivity contribution in [2.24, 2.45) is 10.9 Å². The lowest BCUT2D eigenvalue weighted by Gasteiger charge is -2.34. The van der Waals surface area contributed by atoms with Crippen molar-refractivity contribution in [1.29, 1.82) is 0 Å². The normalized spacial score (nSPS) is 20.9. The molecule has 158 valence electrons. The predicted molar refractivity (Wildman–Crippen MR) is 124 cm³/mol. The number of fused-ring (bicyclic) bond motifs is 1. The summed E-state index contributed by atoms with van der Waals surface area (Å²) in [4.78, 5) is 28.2. The Labute approximate surface area is 186 Å². The van der Waals surface area contributed by atoms with E-state index in [4.69, 9.17) is 16.6 Å². The van der Waals surface area contributed by atoms with Crippen LogP contribution >= 0.6 is 23.4 Å². The number of piperidine rings is 1. The minimum absolute atomic E-state index is 0.0155. The summed E-state index contributed by atoms with van der Waals surface area (Å²) in [5.41, 5.74) is 4.02. The maximum absolute atomic E-state index is 12.0. The van der Waals surface area contributed by atoms with Gasteiger partial charge >= 0.3 is 0 Å². The van der Waals surface area contributed by atoms with Gasteiger partial charge in [-0.25, -0.2) is 4.98 Å². The largest absolute Gasteiger partial charge is 0.355 e. The molecule has 1 saturated heterocycles. The molecule has 2 aliphatic rings. The highest BCUT2D eigenvalue weighted by Crippen LogP contribution is 2.36. The van der Waals surface area contributed by atoms with Crippen LogP contribution in [0.3, 0.4) is 0 Å². The van der Waals surface area contributed by atoms with Crippen molar-refractivity contribution in [1.82, 2.24) is 15.3 Å². The summed E-state index contributed by atoms with van der Waals surface area (Å²) in [5, 5.41) is 4.61. The van der Waals surface area contributed by atoms with Crippen molar-refractivity contribution in [3.05, 3.63) is 40.7 Å². The second kappa shape index (κ2) is 8.55. The molecule has 2 unspecified atom stereocenters. The Bertz CT molecular complexity index is 1010. The number of hydrogen-bond donors (Lipinski definition) is 1. The number of carbonyl (C=O) groups is 1. The van der Waals surface area contributed by atoms with E-state index in [1.807, 2.05) is 33.0 Å². The number of anilines is 1. The topological polar surface area (TPSA) is 70.5 Å². The van der Waals surface area contributed by atoms with Crippen LogP contribution in [-0.2, 0) is 4.79 Å². The third-order valence-electron chi connectivity index (χ3n) is 5.46. The van der Waals surface area contributed by atoms with Crippen LogP contribution in [0.2, 0.25) is 5.02 Å². The summed E-state index contributed by atoms with van der Waals surface area (Å²) in [6.45, 7) is 9.56. The number of amidine groups is 1. The van der Waals surface area contributed by atoms with Crippen LogP contribution in [0.4, 0.5) is 5.82 Å². The van der Waals surface area contributed by atoms with Gasteiger partial charge in [-0.1, -0.05) is 43.3 Å².